The van der Waals surface area contributed by atoms with E-state index in [4.69, 9.17) is 0 Å². The fourth-order valence-corrected chi connectivity index (χ4v) is 4.47. The molecular weight excluding hydrogens is 447 g/mol. The zero-order valence-corrected chi connectivity index (χ0v) is 18.5. The molecule has 2 amide bonds. The number of hydrogen-bond acceptors (Lipinski definition) is 4. The average molecular weight is 472 g/mol. The molecule has 1 atom stereocenters. The van der Waals surface area contributed by atoms with Crippen LogP contribution in [0.5, 0.6) is 0 Å². The van der Waals surface area contributed by atoms with Crippen molar-refractivity contribution in [3.05, 3.63) is 59.7 Å². The number of para-hydroxylation sites is 1. The molecule has 2 aromatic carbocycles. The maximum Gasteiger partial charge on any atom is 0.417 e. The second kappa shape index (κ2) is 10.1. The van der Waals surface area contributed by atoms with Gasteiger partial charge >= 0.3 is 6.18 Å². The van der Waals surface area contributed by atoms with Gasteiger partial charge in [-0.05, 0) is 37.1 Å². The van der Waals surface area contributed by atoms with Gasteiger partial charge in [0.2, 0.25) is 21.8 Å². The molecule has 0 saturated carbocycles. The van der Waals surface area contributed by atoms with Crippen molar-refractivity contribution in [1.82, 2.24) is 9.62 Å². The number of halogens is 3. The van der Waals surface area contributed by atoms with Crippen LogP contribution in [-0.2, 0) is 32.2 Å². The van der Waals surface area contributed by atoms with E-state index in [2.05, 4.69) is 5.32 Å². The van der Waals surface area contributed by atoms with Crippen LogP contribution in [0.2, 0.25) is 0 Å². The van der Waals surface area contributed by atoms with E-state index in [0.29, 0.717) is 18.2 Å². The summed E-state index contributed by atoms with van der Waals surface area (Å²) >= 11 is 0. The Morgan fingerprint density at radius 1 is 1.06 bits per heavy atom. The van der Waals surface area contributed by atoms with Crippen LogP contribution in [0.25, 0.3) is 0 Å². The largest absolute Gasteiger partial charge is 0.417 e. The van der Waals surface area contributed by atoms with Gasteiger partial charge in [-0.15, -0.1) is 0 Å². The van der Waals surface area contributed by atoms with E-state index in [0.717, 1.165) is 28.7 Å². The fourth-order valence-electron chi connectivity index (χ4n) is 3.05. The number of sulfonamides is 1. The smallest absolute Gasteiger partial charge is 0.335 e. The Kier molecular flexibility index (Phi) is 8.02. The summed E-state index contributed by atoms with van der Waals surface area (Å²) < 4.78 is 66.5. The topological polar surface area (TPSA) is 95.6 Å². The Morgan fingerprint density at radius 2 is 1.66 bits per heavy atom. The van der Waals surface area contributed by atoms with E-state index >= 15 is 0 Å². The lowest BCUT2D eigenvalue weighted by Crippen LogP contribution is -2.47. The molecule has 0 aromatic heterocycles. The molecule has 0 radical (unpaired) electrons. The zero-order valence-electron chi connectivity index (χ0n) is 17.7. The van der Waals surface area contributed by atoms with Crippen molar-refractivity contribution in [3.63, 3.8) is 0 Å². The molecule has 32 heavy (non-hydrogen) atoms. The number of likely N-dealkylation sites (N-methyl/N-ethyl adjacent to an activating group) is 1. The van der Waals surface area contributed by atoms with Crippen LogP contribution in [0.1, 0.15) is 25.0 Å². The van der Waals surface area contributed by atoms with Crippen LogP contribution in [0, 0.1) is 0 Å². The lowest BCUT2D eigenvalue weighted by atomic mass is 10.1. The van der Waals surface area contributed by atoms with Crippen molar-refractivity contribution in [1.29, 1.82) is 0 Å². The van der Waals surface area contributed by atoms with Crippen LogP contribution in [0.15, 0.2) is 53.4 Å². The summed E-state index contributed by atoms with van der Waals surface area (Å²) in [5.41, 5.74) is 0.159. The standard InChI is InChI=1S/C21H24F3N3O4S/c1-4-15-9-5-7-11-17(15)25-19(28)13-27(3)20(29)14(2)26-32(30,31)18-12-8-6-10-16(18)21(22,23)24/h5-12,14,26H,4,13H2,1-3H3,(H,25,28)/t14-/m0/s1. The first-order valence-corrected chi connectivity index (χ1v) is 11.2. The summed E-state index contributed by atoms with van der Waals surface area (Å²) in [4.78, 5) is 24.9. The molecule has 174 valence electrons. The van der Waals surface area contributed by atoms with E-state index < -0.39 is 44.5 Å². The van der Waals surface area contributed by atoms with Crippen LogP contribution < -0.4 is 10.0 Å². The third-order valence-corrected chi connectivity index (χ3v) is 6.21. The lowest BCUT2D eigenvalue weighted by Gasteiger charge is -2.22. The van der Waals surface area contributed by atoms with Gasteiger partial charge in [0.05, 0.1) is 23.0 Å². The summed E-state index contributed by atoms with van der Waals surface area (Å²) in [7, 11) is -3.36. The van der Waals surface area contributed by atoms with E-state index in [1.807, 2.05) is 23.8 Å². The Labute approximate surface area is 184 Å². The second-order valence-corrected chi connectivity index (χ2v) is 8.77. The molecule has 7 nitrogen and oxygen atoms in total. The summed E-state index contributed by atoms with van der Waals surface area (Å²) in [6, 6.07) is 9.42. The Morgan fingerprint density at radius 3 is 2.28 bits per heavy atom. The van der Waals surface area contributed by atoms with Crippen molar-refractivity contribution < 1.29 is 31.2 Å². The lowest BCUT2D eigenvalue weighted by molar-refractivity contribution is -0.139. The molecule has 0 aliphatic carbocycles. The molecule has 0 aliphatic heterocycles. The number of hydrogen-bond donors (Lipinski definition) is 2. The summed E-state index contributed by atoms with van der Waals surface area (Å²) in [6.45, 7) is 2.74. The third kappa shape index (κ3) is 6.30. The highest BCUT2D eigenvalue weighted by atomic mass is 32.2. The minimum absolute atomic E-state index is 0.373. The van der Waals surface area contributed by atoms with Crippen LogP contribution >= 0.6 is 0 Å². The first kappa shape index (κ1) is 25.3. The van der Waals surface area contributed by atoms with Gasteiger partial charge in [0.1, 0.15) is 0 Å². The first-order chi connectivity index (χ1) is 14.9. The van der Waals surface area contributed by atoms with Crippen LogP contribution in [0.4, 0.5) is 18.9 Å². The van der Waals surface area contributed by atoms with Gasteiger partial charge in [0.15, 0.2) is 0 Å². The highest BCUT2D eigenvalue weighted by Crippen LogP contribution is 2.33. The maximum atomic E-state index is 13.2. The van der Waals surface area contributed by atoms with Crippen molar-refractivity contribution in [2.24, 2.45) is 0 Å². The van der Waals surface area contributed by atoms with Gasteiger partial charge in [-0.3, -0.25) is 9.59 Å². The predicted molar refractivity (Wildman–Crippen MR) is 113 cm³/mol. The Bertz CT molecular complexity index is 1090. The van der Waals surface area contributed by atoms with Crippen molar-refractivity contribution in [3.8, 4) is 0 Å². The molecule has 0 bridgehead atoms. The first-order valence-electron chi connectivity index (χ1n) is 9.68. The summed E-state index contributed by atoms with van der Waals surface area (Å²) in [5.74, 6) is -1.28. The fraction of sp³-hybridized carbons (Fsp3) is 0.333. The maximum absolute atomic E-state index is 13.2. The Hall–Kier alpha value is -2.92. The van der Waals surface area contributed by atoms with Crippen molar-refractivity contribution >= 4 is 27.5 Å². The molecule has 2 N–H and O–H groups in total. The number of carbonyl (C=O) groups excluding carboxylic acids is 2. The molecule has 2 aromatic rings. The predicted octanol–water partition coefficient (Wildman–Crippen LogP) is 3.03. The minimum Gasteiger partial charge on any atom is -0.335 e. The van der Waals surface area contributed by atoms with Gasteiger partial charge in [0, 0.05) is 12.7 Å². The normalized spacial score (nSPS) is 12.8. The quantitative estimate of drug-likeness (QED) is 0.619. The number of amides is 2. The SMILES string of the molecule is CCc1ccccc1NC(=O)CN(C)C(=O)[C@H](C)NS(=O)(=O)c1ccccc1C(F)(F)F. The molecular formula is C21H24F3N3O4S. The monoisotopic (exact) mass is 471 g/mol. The molecule has 0 fully saturated rings. The minimum atomic E-state index is -4.89. The summed E-state index contributed by atoms with van der Waals surface area (Å²) in [6.07, 6.45) is -4.20. The number of benzene rings is 2. The number of rotatable bonds is 8. The molecule has 2 rings (SSSR count). The van der Waals surface area contributed by atoms with Crippen molar-refractivity contribution in [2.75, 3.05) is 18.9 Å². The average Bonchev–Trinajstić information content (AvgIpc) is 2.72. The highest BCUT2D eigenvalue weighted by Gasteiger charge is 2.37. The highest BCUT2D eigenvalue weighted by molar-refractivity contribution is 7.89. The van der Waals surface area contributed by atoms with E-state index in [1.54, 1.807) is 12.1 Å². The Balaban J connectivity index is 2.08. The molecule has 11 heteroatoms. The molecule has 0 heterocycles. The van der Waals surface area contributed by atoms with Crippen LogP contribution in [-0.4, -0.2) is 44.8 Å². The van der Waals surface area contributed by atoms with Gasteiger partial charge < -0.3 is 10.2 Å². The third-order valence-electron chi connectivity index (χ3n) is 4.61. The number of alkyl halides is 3. The van der Waals surface area contributed by atoms with Gasteiger partial charge in [-0.2, -0.15) is 17.9 Å². The number of nitrogens with one attached hydrogen (secondary N) is 2. The van der Waals surface area contributed by atoms with E-state index in [1.165, 1.54) is 14.0 Å². The number of aryl methyl sites for hydroxylation is 1. The number of anilines is 1. The molecule has 0 saturated heterocycles. The second-order valence-electron chi connectivity index (χ2n) is 7.09. The van der Waals surface area contributed by atoms with Gasteiger partial charge in [0.25, 0.3) is 0 Å². The van der Waals surface area contributed by atoms with Crippen LogP contribution in [0.3, 0.4) is 0 Å². The van der Waals surface area contributed by atoms with E-state index in [9.17, 15) is 31.2 Å². The molecule has 0 unspecified atom stereocenters. The number of carbonyl (C=O) groups is 2. The zero-order chi connectivity index (χ0) is 24.1. The van der Waals surface area contributed by atoms with E-state index in [-0.39, 0.29) is 6.54 Å². The van der Waals surface area contributed by atoms with Gasteiger partial charge in [-0.25, -0.2) is 8.42 Å². The molecule has 0 spiro atoms. The van der Waals surface area contributed by atoms with Crippen molar-refractivity contribution in [2.45, 2.75) is 37.4 Å². The molecule has 0 aliphatic rings. The summed E-state index contributed by atoms with van der Waals surface area (Å²) in [5, 5.41) is 2.69. The van der Waals surface area contributed by atoms with Gasteiger partial charge in [-0.1, -0.05) is 37.3 Å². The number of nitrogens with zero attached hydrogens (tertiary/aromatic N) is 1.